The van der Waals surface area contributed by atoms with Gasteiger partial charge in [-0.1, -0.05) is 17.7 Å². The van der Waals surface area contributed by atoms with Gasteiger partial charge in [0.15, 0.2) is 0 Å². The molecule has 2 rings (SSSR count). The van der Waals surface area contributed by atoms with E-state index in [-0.39, 0.29) is 0 Å². The minimum absolute atomic E-state index is 0.303. The van der Waals surface area contributed by atoms with E-state index in [0.29, 0.717) is 17.0 Å². The fraction of sp³-hybridized carbons (Fsp3) is 0.571. The Morgan fingerprint density at radius 2 is 2.00 bits per heavy atom. The monoisotopic (exact) mass is 253 g/mol. The Kier molecular flexibility index (Phi) is 4.30. The molecule has 1 aliphatic rings. The molecule has 0 atom stereocenters. The van der Waals surface area contributed by atoms with Crippen molar-refractivity contribution in [2.24, 2.45) is 11.7 Å². The number of benzene rings is 1. The number of rotatable bonds is 3. The van der Waals surface area contributed by atoms with Gasteiger partial charge in [0.25, 0.3) is 0 Å². The molecule has 2 N–H and O–H groups in total. The fourth-order valence-electron chi connectivity index (χ4n) is 2.37. The molecule has 0 amide bonds. The van der Waals surface area contributed by atoms with E-state index in [1.807, 2.05) is 18.2 Å². The predicted molar refractivity (Wildman–Crippen MR) is 71.6 cm³/mol. The zero-order valence-corrected chi connectivity index (χ0v) is 11.0. The summed E-state index contributed by atoms with van der Waals surface area (Å²) in [7, 11) is 0. The van der Waals surface area contributed by atoms with Gasteiger partial charge in [-0.25, -0.2) is 0 Å². The molecule has 0 heterocycles. The zero-order valence-electron chi connectivity index (χ0n) is 10.3. The van der Waals surface area contributed by atoms with Crippen LogP contribution in [0.5, 0.6) is 5.75 Å². The first kappa shape index (κ1) is 12.7. The minimum atomic E-state index is 0.303. The van der Waals surface area contributed by atoms with Gasteiger partial charge in [-0.05, 0) is 62.8 Å². The summed E-state index contributed by atoms with van der Waals surface area (Å²) >= 11 is 6.13. The van der Waals surface area contributed by atoms with E-state index >= 15 is 0 Å². The Labute approximate surface area is 108 Å². The molecule has 1 aliphatic carbocycles. The highest BCUT2D eigenvalue weighted by molar-refractivity contribution is 6.32. The summed E-state index contributed by atoms with van der Waals surface area (Å²) in [4.78, 5) is 0. The van der Waals surface area contributed by atoms with Crippen molar-refractivity contribution in [3.05, 3.63) is 28.8 Å². The third kappa shape index (κ3) is 3.36. The predicted octanol–water partition coefficient (Wildman–Crippen LogP) is 3.54. The number of ether oxygens (including phenoxy) is 1. The molecule has 0 aliphatic heterocycles. The molecule has 3 heteroatoms. The molecule has 17 heavy (non-hydrogen) atoms. The first-order valence-corrected chi connectivity index (χ1v) is 6.69. The lowest BCUT2D eigenvalue weighted by Gasteiger charge is -2.28. The second-order valence-electron chi connectivity index (χ2n) is 4.93. The van der Waals surface area contributed by atoms with Crippen LogP contribution in [0.25, 0.3) is 0 Å². The molecule has 94 valence electrons. The Bertz CT molecular complexity index is 372. The van der Waals surface area contributed by atoms with Crippen LogP contribution in [-0.2, 0) is 0 Å². The van der Waals surface area contributed by atoms with Crippen molar-refractivity contribution >= 4 is 11.6 Å². The number of halogens is 1. The van der Waals surface area contributed by atoms with Gasteiger partial charge in [0.05, 0.1) is 11.1 Å². The van der Waals surface area contributed by atoms with E-state index in [4.69, 9.17) is 22.1 Å². The maximum Gasteiger partial charge on any atom is 0.138 e. The maximum atomic E-state index is 6.13. The lowest BCUT2D eigenvalue weighted by Crippen LogP contribution is -2.27. The standard InChI is InChI=1S/C14H20ClNO/c1-10-2-7-13(15)14(8-10)17-12-5-3-11(9-16)4-6-12/h2,7-8,11-12H,3-6,9,16H2,1H3. The van der Waals surface area contributed by atoms with Crippen LogP contribution in [0.1, 0.15) is 31.2 Å². The Hall–Kier alpha value is -0.730. The third-order valence-corrected chi connectivity index (χ3v) is 3.82. The van der Waals surface area contributed by atoms with Crippen molar-refractivity contribution in [3.8, 4) is 5.75 Å². The van der Waals surface area contributed by atoms with Gasteiger partial charge in [-0.15, -0.1) is 0 Å². The smallest absolute Gasteiger partial charge is 0.138 e. The number of nitrogens with two attached hydrogens (primary N) is 1. The fourth-order valence-corrected chi connectivity index (χ4v) is 2.53. The largest absolute Gasteiger partial charge is 0.489 e. The summed E-state index contributed by atoms with van der Waals surface area (Å²) in [5.74, 6) is 1.51. The van der Waals surface area contributed by atoms with E-state index in [2.05, 4.69) is 6.92 Å². The first-order chi connectivity index (χ1) is 8.19. The molecule has 0 radical (unpaired) electrons. The van der Waals surface area contributed by atoms with Crippen LogP contribution in [0.15, 0.2) is 18.2 Å². The summed E-state index contributed by atoms with van der Waals surface area (Å²) < 4.78 is 5.99. The van der Waals surface area contributed by atoms with Gasteiger partial charge < -0.3 is 10.5 Å². The Morgan fingerprint density at radius 3 is 2.65 bits per heavy atom. The summed E-state index contributed by atoms with van der Waals surface area (Å²) in [5, 5.41) is 0.705. The highest BCUT2D eigenvalue weighted by Gasteiger charge is 2.21. The van der Waals surface area contributed by atoms with E-state index in [9.17, 15) is 0 Å². The van der Waals surface area contributed by atoms with E-state index in [1.165, 1.54) is 18.4 Å². The Morgan fingerprint density at radius 1 is 1.29 bits per heavy atom. The number of aryl methyl sites for hydroxylation is 1. The van der Waals surface area contributed by atoms with Crippen molar-refractivity contribution < 1.29 is 4.74 Å². The first-order valence-electron chi connectivity index (χ1n) is 6.32. The van der Waals surface area contributed by atoms with Crippen molar-refractivity contribution in [3.63, 3.8) is 0 Å². The lowest BCUT2D eigenvalue weighted by molar-refractivity contribution is 0.133. The van der Waals surface area contributed by atoms with Crippen LogP contribution < -0.4 is 10.5 Å². The molecule has 1 aromatic rings. The van der Waals surface area contributed by atoms with Crippen LogP contribution in [0.2, 0.25) is 5.02 Å². The SMILES string of the molecule is Cc1ccc(Cl)c(OC2CCC(CN)CC2)c1. The van der Waals surface area contributed by atoms with E-state index < -0.39 is 0 Å². The lowest BCUT2D eigenvalue weighted by atomic mass is 9.87. The Balaban J connectivity index is 1.95. The van der Waals surface area contributed by atoms with Gasteiger partial charge in [0, 0.05) is 0 Å². The molecule has 0 spiro atoms. The highest BCUT2D eigenvalue weighted by Crippen LogP contribution is 2.31. The van der Waals surface area contributed by atoms with E-state index in [0.717, 1.165) is 25.1 Å². The molecule has 0 saturated heterocycles. The van der Waals surface area contributed by atoms with Crippen molar-refractivity contribution in [2.75, 3.05) is 6.54 Å². The number of hydrogen-bond donors (Lipinski definition) is 1. The van der Waals surface area contributed by atoms with Gasteiger partial charge in [0.1, 0.15) is 5.75 Å². The van der Waals surface area contributed by atoms with Crippen LogP contribution in [-0.4, -0.2) is 12.6 Å². The third-order valence-electron chi connectivity index (χ3n) is 3.51. The maximum absolute atomic E-state index is 6.13. The van der Waals surface area contributed by atoms with E-state index in [1.54, 1.807) is 0 Å². The topological polar surface area (TPSA) is 35.2 Å². The van der Waals surface area contributed by atoms with Crippen LogP contribution in [0.3, 0.4) is 0 Å². The summed E-state index contributed by atoms with van der Waals surface area (Å²) in [5.41, 5.74) is 6.86. The molecular weight excluding hydrogens is 234 g/mol. The van der Waals surface area contributed by atoms with Crippen LogP contribution >= 0.6 is 11.6 Å². The van der Waals surface area contributed by atoms with Gasteiger partial charge in [0.2, 0.25) is 0 Å². The zero-order chi connectivity index (χ0) is 12.3. The molecule has 1 aromatic carbocycles. The second kappa shape index (κ2) is 5.74. The quantitative estimate of drug-likeness (QED) is 0.894. The molecule has 0 bridgehead atoms. The molecule has 0 unspecified atom stereocenters. The minimum Gasteiger partial charge on any atom is -0.489 e. The summed E-state index contributed by atoms with van der Waals surface area (Å²) in [6, 6.07) is 5.91. The molecule has 2 nitrogen and oxygen atoms in total. The van der Waals surface area contributed by atoms with Crippen LogP contribution in [0, 0.1) is 12.8 Å². The summed E-state index contributed by atoms with van der Waals surface area (Å²) in [6.07, 6.45) is 4.82. The highest BCUT2D eigenvalue weighted by atomic mass is 35.5. The second-order valence-corrected chi connectivity index (χ2v) is 5.34. The normalized spacial score (nSPS) is 24.6. The van der Waals surface area contributed by atoms with Crippen molar-refractivity contribution in [2.45, 2.75) is 38.7 Å². The van der Waals surface area contributed by atoms with Crippen molar-refractivity contribution in [1.82, 2.24) is 0 Å². The van der Waals surface area contributed by atoms with Crippen LogP contribution in [0.4, 0.5) is 0 Å². The number of hydrogen-bond acceptors (Lipinski definition) is 2. The van der Waals surface area contributed by atoms with Gasteiger partial charge in [-0.3, -0.25) is 0 Å². The molecule has 1 saturated carbocycles. The average Bonchev–Trinajstić information content (AvgIpc) is 2.35. The van der Waals surface area contributed by atoms with Crippen molar-refractivity contribution in [1.29, 1.82) is 0 Å². The molecule has 0 aromatic heterocycles. The van der Waals surface area contributed by atoms with Gasteiger partial charge >= 0.3 is 0 Å². The molecule has 1 fully saturated rings. The molecular formula is C14H20ClNO. The van der Waals surface area contributed by atoms with Gasteiger partial charge in [-0.2, -0.15) is 0 Å². The average molecular weight is 254 g/mol. The summed E-state index contributed by atoms with van der Waals surface area (Å²) in [6.45, 7) is 2.85.